The fourth-order valence-electron chi connectivity index (χ4n) is 2.22. The van der Waals surface area contributed by atoms with Gasteiger partial charge in [-0.1, -0.05) is 0 Å². The van der Waals surface area contributed by atoms with Crippen LogP contribution in [0.25, 0.3) is 22.1 Å². The van der Waals surface area contributed by atoms with Crippen LogP contribution in [0.2, 0.25) is 0 Å². The highest BCUT2D eigenvalue weighted by Gasteiger charge is 2.09. The van der Waals surface area contributed by atoms with Crippen molar-refractivity contribution in [1.29, 1.82) is 0 Å². The number of methoxy groups -OCH3 is 1. The number of hydrogen-bond donors (Lipinski definition) is 2. The van der Waals surface area contributed by atoms with Crippen molar-refractivity contribution in [3.8, 4) is 16.9 Å². The van der Waals surface area contributed by atoms with Crippen molar-refractivity contribution in [3.05, 3.63) is 64.2 Å². The molecule has 22 heavy (non-hydrogen) atoms. The Hall–Kier alpha value is -2.67. The lowest BCUT2D eigenvalue weighted by molar-refractivity contribution is -0.991. The second kappa shape index (κ2) is 5.61. The van der Waals surface area contributed by atoms with Gasteiger partial charge >= 0.3 is 5.63 Å². The van der Waals surface area contributed by atoms with Gasteiger partial charge in [0.1, 0.15) is 11.3 Å². The first-order valence-electron chi connectivity index (χ1n) is 6.54. The molecule has 0 fully saturated rings. The van der Waals surface area contributed by atoms with Crippen molar-refractivity contribution in [1.82, 2.24) is 0 Å². The molecular formula is C16H13NO5. The van der Waals surface area contributed by atoms with Gasteiger partial charge < -0.3 is 14.4 Å². The van der Waals surface area contributed by atoms with Crippen LogP contribution in [0.3, 0.4) is 0 Å². The topological polar surface area (TPSA) is 87.2 Å². The molecule has 0 radical (unpaired) electrons. The predicted octanol–water partition coefficient (Wildman–Crippen LogP) is 1.87. The maximum atomic E-state index is 12.1. The smallest absolute Gasteiger partial charge is 0.344 e. The van der Waals surface area contributed by atoms with Crippen LogP contribution in [0.15, 0.2) is 57.7 Å². The average Bonchev–Trinajstić information content (AvgIpc) is 2.54. The molecule has 2 aromatic carbocycles. The zero-order valence-electron chi connectivity index (χ0n) is 11.7. The zero-order chi connectivity index (χ0) is 15.7. The molecule has 112 valence electrons. The fraction of sp³-hybridized carbons (Fsp3) is 0.0625. The van der Waals surface area contributed by atoms with E-state index >= 15 is 0 Å². The minimum atomic E-state index is -1.01. The molecule has 0 bridgehead atoms. The normalized spacial score (nSPS) is 12.3. The van der Waals surface area contributed by atoms with Gasteiger partial charge in [-0.25, -0.2) is 10.0 Å². The van der Waals surface area contributed by atoms with Crippen molar-refractivity contribution < 1.29 is 19.6 Å². The maximum Gasteiger partial charge on any atom is 0.344 e. The van der Waals surface area contributed by atoms with Gasteiger partial charge in [0.05, 0.1) is 12.7 Å². The lowest BCUT2D eigenvalue weighted by atomic mass is 10.1. The number of rotatable bonds is 3. The molecule has 0 spiro atoms. The van der Waals surface area contributed by atoms with Gasteiger partial charge in [-0.3, -0.25) is 0 Å². The number of fused-ring (bicyclic) bond motifs is 1. The molecule has 0 amide bonds. The van der Waals surface area contributed by atoms with Crippen LogP contribution < -0.4 is 15.6 Å². The molecule has 3 rings (SSSR count). The molecule has 2 N–H and O–H groups in total. The highest BCUT2D eigenvalue weighted by Crippen LogP contribution is 2.24. The van der Waals surface area contributed by atoms with E-state index in [9.17, 15) is 10.0 Å². The summed E-state index contributed by atoms with van der Waals surface area (Å²) in [4.78, 5) is 12.1. The van der Waals surface area contributed by atoms with E-state index in [2.05, 4.69) is 0 Å². The summed E-state index contributed by atoms with van der Waals surface area (Å²) in [7, 11) is 1.56. The van der Waals surface area contributed by atoms with Crippen molar-refractivity contribution >= 4 is 16.7 Å². The van der Waals surface area contributed by atoms with Crippen molar-refractivity contribution in [2.24, 2.45) is 0 Å². The molecule has 0 saturated heterocycles. The van der Waals surface area contributed by atoms with Crippen molar-refractivity contribution in [3.63, 3.8) is 0 Å². The lowest BCUT2D eigenvalue weighted by Gasteiger charge is -2.11. The summed E-state index contributed by atoms with van der Waals surface area (Å²) in [5, 5.41) is 19.5. The molecule has 0 aliphatic heterocycles. The molecule has 0 aliphatic rings. The summed E-state index contributed by atoms with van der Waals surface area (Å²) in [5.41, 5.74) is 1.13. The first-order chi connectivity index (χ1) is 10.6. The van der Waals surface area contributed by atoms with E-state index in [0.717, 1.165) is 5.39 Å². The fourth-order valence-corrected chi connectivity index (χ4v) is 2.22. The van der Waals surface area contributed by atoms with Crippen molar-refractivity contribution in [2.75, 3.05) is 7.11 Å². The molecule has 1 atom stereocenters. The Morgan fingerprint density at radius 3 is 2.50 bits per heavy atom. The third-order valence-electron chi connectivity index (χ3n) is 3.38. The van der Waals surface area contributed by atoms with Crippen LogP contribution in [0.4, 0.5) is 5.69 Å². The molecule has 1 heterocycles. The number of hydrogen-bond acceptors (Lipinski definition) is 5. The summed E-state index contributed by atoms with van der Waals surface area (Å²) >= 11 is 0. The summed E-state index contributed by atoms with van der Waals surface area (Å²) in [6.45, 7) is 0. The summed E-state index contributed by atoms with van der Waals surface area (Å²) in [6.07, 6.45) is 0. The molecule has 0 aliphatic carbocycles. The number of ether oxygens (including phenoxy) is 1. The zero-order valence-corrected chi connectivity index (χ0v) is 11.7. The summed E-state index contributed by atoms with van der Waals surface area (Å²) in [6, 6.07) is 12.9. The molecule has 1 aromatic heterocycles. The number of quaternary nitrogens is 1. The minimum absolute atomic E-state index is 0.163. The molecule has 0 saturated carbocycles. The Morgan fingerprint density at radius 1 is 1.14 bits per heavy atom. The number of benzene rings is 2. The second-order valence-corrected chi connectivity index (χ2v) is 4.73. The van der Waals surface area contributed by atoms with Gasteiger partial charge in [-0.05, 0) is 42.0 Å². The third-order valence-corrected chi connectivity index (χ3v) is 3.38. The Morgan fingerprint density at radius 2 is 1.86 bits per heavy atom. The van der Waals surface area contributed by atoms with Gasteiger partial charge in [0.2, 0.25) is 0 Å². The Balaban J connectivity index is 2.13. The van der Waals surface area contributed by atoms with Crippen LogP contribution in [0.5, 0.6) is 5.75 Å². The average molecular weight is 299 g/mol. The van der Waals surface area contributed by atoms with Gasteiger partial charge in [-0.2, -0.15) is 5.23 Å². The van der Waals surface area contributed by atoms with Crippen LogP contribution >= 0.6 is 0 Å². The first kappa shape index (κ1) is 14.3. The minimum Gasteiger partial charge on any atom is -0.595 e. The molecule has 1 unspecified atom stereocenters. The maximum absolute atomic E-state index is 12.1. The van der Waals surface area contributed by atoms with Crippen LogP contribution in [0, 0.1) is 5.21 Å². The Kier molecular flexibility index (Phi) is 3.64. The van der Waals surface area contributed by atoms with E-state index in [1.54, 1.807) is 43.5 Å². The van der Waals surface area contributed by atoms with Gasteiger partial charge in [0, 0.05) is 17.5 Å². The van der Waals surface area contributed by atoms with E-state index < -0.39 is 10.9 Å². The standard InChI is InChI=1S/C16H13NO5/c1-21-13-6-7-15-11(8-13)9-14(16(18)22-15)10-2-4-12(5-3-10)17(19)20/h2-9,17,19H,1H3. The predicted molar refractivity (Wildman–Crippen MR) is 80.2 cm³/mol. The van der Waals surface area contributed by atoms with Gasteiger partial charge in [0.15, 0.2) is 5.69 Å². The van der Waals surface area contributed by atoms with E-state index in [-0.39, 0.29) is 5.69 Å². The lowest BCUT2D eigenvalue weighted by Crippen LogP contribution is -2.99. The molecule has 6 heteroatoms. The Bertz CT molecular complexity index is 868. The van der Waals surface area contributed by atoms with Crippen LogP contribution in [-0.4, -0.2) is 12.3 Å². The highest BCUT2D eigenvalue weighted by molar-refractivity contribution is 5.83. The van der Waals surface area contributed by atoms with Gasteiger partial charge in [0.25, 0.3) is 0 Å². The highest BCUT2D eigenvalue weighted by atomic mass is 16.8. The molecule has 6 nitrogen and oxygen atoms in total. The SMILES string of the molecule is COc1ccc2oc(=O)c(-c3ccc([NH+]([O-])O)cc3)cc2c1. The van der Waals surface area contributed by atoms with E-state index in [0.29, 0.717) is 22.5 Å². The van der Waals surface area contributed by atoms with Crippen molar-refractivity contribution in [2.45, 2.75) is 0 Å². The second-order valence-electron chi connectivity index (χ2n) is 4.73. The third kappa shape index (κ3) is 2.58. The largest absolute Gasteiger partial charge is 0.595 e. The van der Waals surface area contributed by atoms with Crippen LogP contribution in [-0.2, 0) is 0 Å². The molecular weight excluding hydrogens is 286 g/mol. The summed E-state index contributed by atoms with van der Waals surface area (Å²) in [5.74, 6) is 0.661. The summed E-state index contributed by atoms with van der Waals surface area (Å²) < 4.78 is 10.5. The number of nitrogens with one attached hydrogen (secondary N) is 1. The molecule has 3 aromatic rings. The van der Waals surface area contributed by atoms with Crippen LogP contribution in [0.1, 0.15) is 0 Å². The van der Waals surface area contributed by atoms with E-state index in [4.69, 9.17) is 14.4 Å². The quantitative estimate of drug-likeness (QED) is 0.569. The Labute approximate surface area is 125 Å². The van der Waals surface area contributed by atoms with E-state index in [1.807, 2.05) is 0 Å². The monoisotopic (exact) mass is 299 g/mol. The van der Waals surface area contributed by atoms with Gasteiger partial charge in [-0.15, -0.1) is 0 Å². The first-order valence-corrected chi connectivity index (χ1v) is 6.54. The van der Waals surface area contributed by atoms with E-state index in [1.165, 1.54) is 12.1 Å².